The second-order valence-electron chi connectivity index (χ2n) is 3.71. The lowest BCUT2D eigenvalue weighted by atomic mass is 10.1. The van der Waals surface area contributed by atoms with E-state index in [0.717, 1.165) is 17.7 Å². The van der Waals surface area contributed by atoms with E-state index in [2.05, 4.69) is 10.5 Å². The molecule has 0 aliphatic heterocycles. The quantitative estimate of drug-likeness (QED) is 0.249. The van der Waals surface area contributed by atoms with Crippen LogP contribution in [0, 0.1) is 0 Å². The Balaban J connectivity index is 2.40. The maximum absolute atomic E-state index is 12.3. The Morgan fingerprint density at radius 2 is 1.89 bits per heavy atom. The summed E-state index contributed by atoms with van der Waals surface area (Å²) in [6.45, 7) is 0.910. The molecule has 0 saturated carbocycles. The maximum Gasteiger partial charge on any atom is 0.416 e. The van der Waals surface area contributed by atoms with Gasteiger partial charge in [-0.2, -0.15) is 13.2 Å². The normalized spacial score (nSPS) is 12.7. The zero-order valence-corrected chi connectivity index (χ0v) is 9.54. The third-order valence-electron chi connectivity index (χ3n) is 2.30. The summed E-state index contributed by atoms with van der Waals surface area (Å²) in [5.74, 6) is 0.106. The van der Waals surface area contributed by atoms with Crippen molar-refractivity contribution in [2.75, 3.05) is 6.54 Å². The number of oxime groups is 1. The van der Waals surface area contributed by atoms with Crippen molar-refractivity contribution in [3.8, 4) is 0 Å². The topological polar surface area (TPSA) is 70.6 Å². The smallest absolute Gasteiger partial charge is 0.409 e. The minimum Gasteiger partial charge on any atom is -0.409 e. The van der Waals surface area contributed by atoms with Crippen LogP contribution in [0.15, 0.2) is 29.4 Å². The number of nitrogens with two attached hydrogens (primary N) is 1. The summed E-state index contributed by atoms with van der Waals surface area (Å²) in [7, 11) is 0. The number of hydrogen-bond acceptors (Lipinski definition) is 3. The molecule has 0 aliphatic carbocycles. The van der Waals surface area contributed by atoms with Crippen molar-refractivity contribution in [1.29, 1.82) is 0 Å². The third-order valence-corrected chi connectivity index (χ3v) is 2.30. The highest BCUT2D eigenvalue weighted by molar-refractivity contribution is 5.79. The molecule has 0 heterocycles. The van der Waals surface area contributed by atoms with Crippen LogP contribution < -0.4 is 11.1 Å². The fourth-order valence-corrected chi connectivity index (χ4v) is 1.31. The first-order valence-electron chi connectivity index (χ1n) is 5.26. The summed E-state index contributed by atoms with van der Waals surface area (Å²) >= 11 is 0. The van der Waals surface area contributed by atoms with Crippen molar-refractivity contribution in [2.45, 2.75) is 19.1 Å². The van der Waals surface area contributed by atoms with Gasteiger partial charge in [-0.25, -0.2) is 0 Å². The summed E-state index contributed by atoms with van der Waals surface area (Å²) < 4.78 is 36.9. The van der Waals surface area contributed by atoms with E-state index in [1.807, 2.05) is 0 Å². The highest BCUT2D eigenvalue weighted by atomic mass is 19.4. The van der Waals surface area contributed by atoms with Crippen LogP contribution in [0.5, 0.6) is 0 Å². The van der Waals surface area contributed by atoms with Crippen LogP contribution in [0.1, 0.15) is 17.5 Å². The van der Waals surface area contributed by atoms with Crippen LogP contribution in [0.3, 0.4) is 0 Å². The van der Waals surface area contributed by atoms with Crippen LogP contribution in [-0.4, -0.2) is 17.6 Å². The van der Waals surface area contributed by atoms with Gasteiger partial charge in [0.1, 0.15) is 5.84 Å². The molecule has 1 aromatic carbocycles. The van der Waals surface area contributed by atoms with Crippen LogP contribution in [-0.2, 0) is 12.7 Å². The predicted octanol–water partition coefficient (Wildman–Crippen LogP) is 1.93. The Morgan fingerprint density at radius 1 is 1.28 bits per heavy atom. The van der Waals surface area contributed by atoms with E-state index in [0.29, 0.717) is 19.5 Å². The molecule has 0 saturated heterocycles. The maximum atomic E-state index is 12.3. The average Bonchev–Trinajstić information content (AvgIpc) is 2.33. The van der Waals surface area contributed by atoms with E-state index >= 15 is 0 Å². The molecule has 1 rings (SSSR count). The van der Waals surface area contributed by atoms with E-state index in [1.54, 1.807) is 0 Å². The van der Waals surface area contributed by atoms with Gasteiger partial charge < -0.3 is 16.3 Å². The Morgan fingerprint density at radius 3 is 2.39 bits per heavy atom. The summed E-state index contributed by atoms with van der Waals surface area (Å²) in [6.07, 6.45) is -3.94. The SMILES string of the molecule is NC(CCNCc1ccc(C(F)(F)F)cc1)=NO. The van der Waals surface area contributed by atoms with Gasteiger partial charge in [-0.3, -0.25) is 0 Å². The van der Waals surface area contributed by atoms with E-state index < -0.39 is 11.7 Å². The average molecular weight is 261 g/mol. The summed E-state index contributed by atoms with van der Waals surface area (Å²) in [5, 5.41) is 14.1. The lowest BCUT2D eigenvalue weighted by Gasteiger charge is -2.08. The van der Waals surface area contributed by atoms with Crippen molar-refractivity contribution in [2.24, 2.45) is 10.9 Å². The molecule has 0 aromatic heterocycles. The summed E-state index contributed by atoms with van der Waals surface area (Å²) in [6, 6.07) is 4.92. The van der Waals surface area contributed by atoms with Crippen LogP contribution in [0.2, 0.25) is 0 Å². The predicted molar refractivity (Wildman–Crippen MR) is 61.2 cm³/mol. The second kappa shape index (κ2) is 6.25. The zero-order chi connectivity index (χ0) is 13.6. The Labute approximate surface area is 102 Å². The number of benzene rings is 1. The molecule has 100 valence electrons. The lowest BCUT2D eigenvalue weighted by molar-refractivity contribution is -0.137. The molecule has 7 heteroatoms. The molecule has 0 spiro atoms. The molecule has 0 aliphatic rings. The summed E-state index contributed by atoms with van der Waals surface area (Å²) in [4.78, 5) is 0. The van der Waals surface area contributed by atoms with Crippen molar-refractivity contribution in [3.05, 3.63) is 35.4 Å². The molecule has 4 N–H and O–H groups in total. The van der Waals surface area contributed by atoms with Crippen molar-refractivity contribution in [3.63, 3.8) is 0 Å². The fourth-order valence-electron chi connectivity index (χ4n) is 1.31. The molecule has 1 aromatic rings. The van der Waals surface area contributed by atoms with Gasteiger partial charge in [0.25, 0.3) is 0 Å². The van der Waals surface area contributed by atoms with E-state index in [9.17, 15) is 13.2 Å². The summed E-state index contributed by atoms with van der Waals surface area (Å²) in [5.41, 5.74) is 5.33. The molecule has 0 fully saturated rings. The Bertz CT molecular complexity index is 401. The van der Waals surface area contributed by atoms with Crippen molar-refractivity contribution >= 4 is 5.84 Å². The number of rotatable bonds is 5. The standard InChI is InChI=1S/C11H14F3N3O/c12-11(13,14)9-3-1-8(2-4-9)7-16-6-5-10(15)17-18/h1-4,16,18H,5-7H2,(H2,15,17). The zero-order valence-electron chi connectivity index (χ0n) is 9.54. The number of amidine groups is 1. The first-order chi connectivity index (χ1) is 8.43. The largest absolute Gasteiger partial charge is 0.416 e. The monoisotopic (exact) mass is 261 g/mol. The van der Waals surface area contributed by atoms with Gasteiger partial charge in [0.15, 0.2) is 0 Å². The van der Waals surface area contributed by atoms with Gasteiger partial charge in [-0.15, -0.1) is 0 Å². The molecule has 0 unspecified atom stereocenters. The molecule has 0 bridgehead atoms. The first kappa shape index (κ1) is 14.3. The molecular formula is C11H14F3N3O. The third kappa shape index (κ3) is 4.62. The van der Waals surface area contributed by atoms with E-state index in [4.69, 9.17) is 10.9 Å². The van der Waals surface area contributed by atoms with E-state index in [1.165, 1.54) is 12.1 Å². The molecule has 0 radical (unpaired) electrons. The number of nitrogens with one attached hydrogen (secondary N) is 1. The number of alkyl halides is 3. The molecule has 18 heavy (non-hydrogen) atoms. The minimum atomic E-state index is -4.31. The van der Waals surface area contributed by atoms with E-state index in [-0.39, 0.29) is 5.84 Å². The Hall–Kier alpha value is -1.76. The number of hydrogen-bond donors (Lipinski definition) is 3. The first-order valence-corrected chi connectivity index (χ1v) is 5.26. The van der Waals surface area contributed by atoms with Gasteiger partial charge in [0.05, 0.1) is 5.56 Å². The van der Waals surface area contributed by atoms with Crippen LogP contribution in [0.4, 0.5) is 13.2 Å². The van der Waals surface area contributed by atoms with Gasteiger partial charge in [0, 0.05) is 19.5 Å². The van der Waals surface area contributed by atoms with Crippen LogP contribution in [0.25, 0.3) is 0 Å². The second-order valence-corrected chi connectivity index (χ2v) is 3.71. The van der Waals surface area contributed by atoms with Crippen molar-refractivity contribution in [1.82, 2.24) is 5.32 Å². The van der Waals surface area contributed by atoms with Gasteiger partial charge in [-0.1, -0.05) is 17.3 Å². The highest BCUT2D eigenvalue weighted by Gasteiger charge is 2.29. The fraction of sp³-hybridized carbons (Fsp3) is 0.364. The molecule has 0 atom stereocenters. The number of halogens is 3. The molecule has 0 amide bonds. The lowest BCUT2D eigenvalue weighted by Crippen LogP contribution is -2.22. The Kier molecular flexibility index (Phi) is 4.96. The van der Waals surface area contributed by atoms with Crippen LogP contribution >= 0.6 is 0 Å². The molecule has 4 nitrogen and oxygen atoms in total. The highest BCUT2D eigenvalue weighted by Crippen LogP contribution is 2.28. The van der Waals surface area contributed by atoms with Crippen molar-refractivity contribution < 1.29 is 18.4 Å². The van der Waals surface area contributed by atoms with Gasteiger partial charge in [-0.05, 0) is 17.7 Å². The molecular weight excluding hydrogens is 247 g/mol. The van der Waals surface area contributed by atoms with Gasteiger partial charge >= 0.3 is 6.18 Å². The number of nitrogens with zero attached hydrogens (tertiary/aromatic N) is 1. The van der Waals surface area contributed by atoms with Gasteiger partial charge in [0.2, 0.25) is 0 Å². The minimum absolute atomic E-state index is 0.106.